The molecule has 0 aromatic heterocycles. The van der Waals surface area contributed by atoms with Crippen LogP contribution in [-0.4, -0.2) is 42.6 Å². The number of morpholine rings is 1. The summed E-state index contributed by atoms with van der Waals surface area (Å²) in [5.74, 6) is 0.141. The maximum Gasteiger partial charge on any atom is 0.239 e. The van der Waals surface area contributed by atoms with Crippen molar-refractivity contribution >= 4 is 5.91 Å². The third-order valence-electron chi connectivity index (χ3n) is 4.72. The van der Waals surface area contributed by atoms with Crippen molar-refractivity contribution in [2.24, 2.45) is 0 Å². The molecule has 0 spiro atoms. The molecular formula is C18H26N2O2. The minimum absolute atomic E-state index is 0.141. The zero-order valence-corrected chi connectivity index (χ0v) is 13.2. The molecule has 1 aromatic carbocycles. The van der Waals surface area contributed by atoms with Gasteiger partial charge in [0.1, 0.15) is 6.04 Å². The van der Waals surface area contributed by atoms with Gasteiger partial charge >= 0.3 is 0 Å². The first-order valence-corrected chi connectivity index (χ1v) is 8.49. The van der Waals surface area contributed by atoms with E-state index in [4.69, 9.17) is 4.74 Å². The van der Waals surface area contributed by atoms with Crippen LogP contribution in [0.1, 0.15) is 37.7 Å². The first-order chi connectivity index (χ1) is 10.8. The van der Waals surface area contributed by atoms with E-state index in [9.17, 15) is 4.79 Å². The molecule has 1 aliphatic carbocycles. The topological polar surface area (TPSA) is 41.6 Å². The number of amides is 1. The number of hydrogen-bond donors (Lipinski definition) is 1. The number of ether oxygens (including phenoxy) is 1. The van der Waals surface area contributed by atoms with Gasteiger partial charge in [-0.15, -0.1) is 0 Å². The molecule has 0 unspecified atom stereocenters. The molecule has 0 bridgehead atoms. The number of carbonyl (C=O) groups is 1. The molecule has 0 radical (unpaired) electrons. The van der Waals surface area contributed by atoms with Gasteiger partial charge in [0.05, 0.1) is 13.2 Å². The molecule has 1 saturated heterocycles. The molecule has 1 aromatic rings. The molecule has 1 aliphatic heterocycles. The van der Waals surface area contributed by atoms with Crippen molar-refractivity contribution < 1.29 is 9.53 Å². The molecule has 120 valence electrons. The summed E-state index contributed by atoms with van der Waals surface area (Å²) in [5, 5.41) is 3.24. The Kier molecular flexibility index (Phi) is 5.46. The molecule has 1 N–H and O–H groups in total. The Morgan fingerprint density at radius 2 is 1.95 bits per heavy atom. The van der Waals surface area contributed by atoms with E-state index in [0.717, 1.165) is 25.9 Å². The fraction of sp³-hybridized carbons (Fsp3) is 0.611. The highest BCUT2D eigenvalue weighted by atomic mass is 16.5. The monoisotopic (exact) mass is 302 g/mol. The Bertz CT molecular complexity index is 471. The summed E-state index contributed by atoms with van der Waals surface area (Å²) in [5.41, 5.74) is 1.25. The molecule has 1 saturated carbocycles. The van der Waals surface area contributed by atoms with Gasteiger partial charge in [-0.3, -0.25) is 9.69 Å². The van der Waals surface area contributed by atoms with E-state index in [1.54, 1.807) is 0 Å². The van der Waals surface area contributed by atoms with Gasteiger partial charge in [-0.2, -0.15) is 0 Å². The van der Waals surface area contributed by atoms with E-state index < -0.39 is 0 Å². The average molecular weight is 302 g/mol. The Balaban J connectivity index is 1.60. The third kappa shape index (κ3) is 4.08. The lowest BCUT2D eigenvalue weighted by molar-refractivity contribution is -0.133. The molecule has 22 heavy (non-hydrogen) atoms. The molecular weight excluding hydrogens is 276 g/mol. The van der Waals surface area contributed by atoms with Crippen LogP contribution in [0.5, 0.6) is 0 Å². The first kappa shape index (κ1) is 15.5. The van der Waals surface area contributed by atoms with Crippen molar-refractivity contribution in [2.75, 3.05) is 19.8 Å². The highest BCUT2D eigenvalue weighted by Crippen LogP contribution is 2.19. The third-order valence-corrected chi connectivity index (χ3v) is 4.72. The summed E-state index contributed by atoms with van der Waals surface area (Å²) in [6.07, 6.45) is 6.02. The largest absolute Gasteiger partial charge is 0.378 e. The van der Waals surface area contributed by atoms with E-state index in [1.807, 2.05) is 18.2 Å². The predicted octanol–water partition coefficient (Wildman–Crippen LogP) is 2.34. The van der Waals surface area contributed by atoms with E-state index >= 15 is 0 Å². The highest BCUT2D eigenvalue weighted by molar-refractivity contribution is 5.82. The molecule has 1 atom stereocenters. The Labute approximate surface area is 132 Å². The summed E-state index contributed by atoms with van der Waals surface area (Å²) in [7, 11) is 0. The van der Waals surface area contributed by atoms with Crippen LogP contribution < -0.4 is 5.32 Å². The van der Waals surface area contributed by atoms with Crippen LogP contribution in [0.4, 0.5) is 0 Å². The SMILES string of the molecule is O=C(NC1CCCCC1)[C@H]1COCCN1Cc1ccccc1. The standard InChI is InChI=1S/C18H26N2O2/c21-18(19-16-9-5-2-6-10-16)17-14-22-12-11-20(17)13-15-7-3-1-4-8-15/h1,3-4,7-8,16-17H,2,5-6,9-14H2,(H,19,21)/t17-/m1/s1. The summed E-state index contributed by atoms with van der Waals surface area (Å²) < 4.78 is 5.56. The van der Waals surface area contributed by atoms with Gasteiger partial charge in [0, 0.05) is 19.1 Å². The van der Waals surface area contributed by atoms with Crippen LogP contribution in [-0.2, 0) is 16.1 Å². The van der Waals surface area contributed by atoms with E-state index in [0.29, 0.717) is 19.3 Å². The van der Waals surface area contributed by atoms with Crippen molar-refractivity contribution in [3.63, 3.8) is 0 Å². The van der Waals surface area contributed by atoms with Crippen molar-refractivity contribution in [3.05, 3.63) is 35.9 Å². The number of hydrogen-bond acceptors (Lipinski definition) is 3. The van der Waals surface area contributed by atoms with Crippen molar-refractivity contribution in [1.29, 1.82) is 0 Å². The molecule has 2 aliphatic rings. The predicted molar refractivity (Wildman–Crippen MR) is 86.5 cm³/mol. The van der Waals surface area contributed by atoms with Crippen LogP contribution in [0.3, 0.4) is 0 Å². The number of benzene rings is 1. The fourth-order valence-corrected chi connectivity index (χ4v) is 3.43. The summed E-state index contributed by atoms with van der Waals surface area (Å²) in [4.78, 5) is 14.9. The Morgan fingerprint density at radius 1 is 1.18 bits per heavy atom. The minimum Gasteiger partial charge on any atom is -0.378 e. The second-order valence-corrected chi connectivity index (χ2v) is 6.39. The number of nitrogens with one attached hydrogen (secondary N) is 1. The van der Waals surface area contributed by atoms with Gasteiger partial charge in [0.25, 0.3) is 0 Å². The lowest BCUT2D eigenvalue weighted by atomic mass is 9.95. The van der Waals surface area contributed by atoms with Gasteiger partial charge in [-0.25, -0.2) is 0 Å². The number of carbonyl (C=O) groups excluding carboxylic acids is 1. The molecule has 1 amide bonds. The lowest BCUT2D eigenvalue weighted by Crippen LogP contribution is -2.55. The molecule has 3 rings (SSSR count). The van der Waals surface area contributed by atoms with E-state index in [-0.39, 0.29) is 11.9 Å². The second kappa shape index (κ2) is 7.75. The number of rotatable bonds is 4. The molecule has 4 nitrogen and oxygen atoms in total. The van der Waals surface area contributed by atoms with E-state index in [2.05, 4.69) is 22.3 Å². The van der Waals surface area contributed by atoms with Gasteiger partial charge in [0.15, 0.2) is 0 Å². The maximum atomic E-state index is 12.6. The average Bonchev–Trinajstić information content (AvgIpc) is 2.57. The second-order valence-electron chi connectivity index (χ2n) is 6.39. The zero-order valence-electron chi connectivity index (χ0n) is 13.2. The van der Waals surface area contributed by atoms with Gasteiger partial charge in [-0.05, 0) is 18.4 Å². The van der Waals surface area contributed by atoms with Crippen molar-refractivity contribution in [1.82, 2.24) is 10.2 Å². The quantitative estimate of drug-likeness (QED) is 0.928. The minimum atomic E-state index is -0.157. The van der Waals surface area contributed by atoms with Crippen LogP contribution in [0.25, 0.3) is 0 Å². The molecule has 4 heteroatoms. The van der Waals surface area contributed by atoms with Gasteiger partial charge < -0.3 is 10.1 Å². The zero-order chi connectivity index (χ0) is 15.2. The summed E-state index contributed by atoms with van der Waals surface area (Å²) in [6, 6.07) is 10.6. The van der Waals surface area contributed by atoms with Crippen LogP contribution in [0.15, 0.2) is 30.3 Å². The van der Waals surface area contributed by atoms with Crippen molar-refractivity contribution in [2.45, 2.75) is 50.7 Å². The van der Waals surface area contributed by atoms with Gasteiger partial charge in [-0.1, -0.05) is 49.6 Å². The smallest absolute Gasteiger partial charge is 0.239 e. The van der Waals surface area contributed by atoms with Crippen LogP contribution in [0.2, 0.25) is 0 Å². The Hall–Kier alpha value is -1.39. The Morgan fingerprint density at radius 3 is 2.73 bits per heavy atom. The normalized spacial score (nSPS) is 24.1. The van der Waals surface area contributed by atoms with Crippen LogP contribution >= 0.6 is 0 Å². The van der Waals surface area contributed by atoms with Crippen LogP contribution in [0, 0.1) is 0 Å². The van der Waals surface area contributed by atoms with Crippen molar-refractivity contribution in [3.8, 4) is 0 Å². The van der Waals surface area contributed by atoms with Gasteiger partial charge in [0.2, 0.25) is 5.91 Å². The lowest BCUT2D eigenvalue weighted by Gasteiger charge is -2.36. The summed E-state index contributed by atoms with van der Waals surface area (Å²) in [6.45, 7) is 2.84. The van der Waals surface area contributed by atoms with E-state index in [1.165, 1.54) is 24.8 Å². The summed E-state index contributed by atoms with van der Waals surface area (Å²) >= 11 is 0. The number of nitrogens with zero attached hydrogens (tertiary/aromatic N) is 1. The molecule has 2 fully saturated rings. The first-order valence-electron chi connectivity index (χ1n) is 8.49. The maximum absolute atomic E-state index is 12.6. The molecule has 1 heterocycles. The fourth-order valence-electron chi connectivity index (χ4n) is 3.43. The highest BCUT2D eigenvalue weighted by Gasteiger charge is 2.30.